The van der Waals surface area contributed by atoms with Crippen molar-refractivity contribution in [2.75, 3.05) is 13.3 Å². The number of sulfone groups is 1. The molecule has 2 N–H and O–H groups in total. The summed E-state index contributed by atoms with van der Waals surface area (Å²) in [5.74, 6) is 1.51. The zero-order chi connectivity index (χ0) is 19.4. The fourth-order valence-corrected chi connectivity index (χ4v) is 3.45. The second-order valence-corrected chi connectivity index (χ2v) is 8.36. The van der Waals surface area contributed by atoms with E-state index in [1.54, 1.807) is 31.3 Å². The number of furan rings is 1. The summed E-state index contributed by atoms with van der Waals surface area (Å²) in [6, 6.07) is 14.8. The predicted octanol–water partition coefficient (Wildman–Crippen LogP) is 3.01. The lowest BCUT2D eigenvalue weighted by atomic mass is 10.1. The molecule has 0 saturated carbocycles. The molecular weight excluding hydrogens is 362 g/mol. The van der Waals surface area contributed by atoms with Crippen LogP contribution in [0.1, 0.15) is 16.9 Å². The lowest BCUT2D eigenvalue weighted by molar-refractivity contribution is 0.534. The summed E-state index contributed by atoms with van der Waals surface area (Å²) in [6.07, 6.45) is 1.20. The quantitative estimate of drug-likeness (QED) is 0.521. The van der Waals surface area contributed by atoms with Crippen molar-refractivity contribution in [2.45, 2.75) is 24.9 Å². The highest BCUT2D eigenvalue weighted by molar-refractivity contribution is 7.90. The summed E-state index contributed by atoms with van der Waals surface area (Å²) in [4.78, 5) is 4.53. The molecule has 0 atom stereocenters. The molecule has 1 heterocycles. The molecule has 1 aromatic heterocycles. The molecule has 0 spiro atoms. The molecule has 0 amide bonds. The van der Waals surface area contributed by atoms with Crippen LogP contribution in [0.2, 0.25) is 0 Å². The topological polar surface area (TPSA) is 83.7 Å². The third-order valence-electron chi connectivity index (χ3n) is 4.39. The molecule has 27 heavy (non-hydrogen) atoms. The zero-order valence-corrected chi connectivity index (χ0v) is 16.4. The van der Waals surface area contributed by atoms with Gasteiger partial charge >= 0.3 is 0 Å². The van der Waals surface area contributed by atoms with E-state index in [1.165, 1.54) is 6.26 Å². The Balaban J connectivity index is 1.60. The van der Waals surface area contributed by atoms with Crippen molar-refractivity contribution >= 4 is 26.8 Å². The van der Waals surface area contributed by atoms with Crippen molar-refractivity contribution in [3.8, 4) is 0 Å². The molecule has 7 heteroatoms. The van der Waals surface area contributed by atoms with Gasteiger partial charge in [0.25, 0.3) is 0 Å². The van der Waals surface area contributed by atoms with Crippen LogP contribution in [0.3, 0.4) is 0 Å². The highest BCUT2D eigenvalue weighted by atomic mass is 32.2. The van der Waals surface area contributed by atoms with Crippen LogP contribution in [0.25, 0.3) is 11.0 Å². The first-order valence-electron chi connectivity index (χ1n) is 8.59. The summed E-state index contributed by atoms with van der Waals surface area (Å²) < 4.78 is 28.9. The molecule has 0 aliphatic carbocycles. The van der Waals surface area contributed by atoms with Crippen LogP contribution < -0.4 is 10.6 Å². The number of nitrogens with zero attached hydrogens (tertiary/aromatic N) is 1. The number of benzene rings is 2. The minimum atomic E-state index is -3.18. The minimum Gasteiger partial charge on any atom is -0.459 e. The van der Waals surface area contributed by atoms with Crippen LogP contribution >= 0.6 is 0 Å². The van der Waals surface area contributed by atoms with Gasteiger partial charge in [-0.25, -0.2) is 8.42 Å². The van der Waals surface area contributed by atoms with Gasteiger partial charge in [-0.05, 0) is 30.7 Å². The van der Waals surface area contributed by atoms with E-state index in [0.717, 1.165) is 27.9 Å². The SMILES string of the molecule is CN=C(NCc1ccc(S(C)(=O)=O)cc1)NCc1oc2ccccc2c1C. The molecule has 0 aliphatic heterocycles. The number of aryl methyl sites for hydroxylation is 1. The summed E-state index contributed by atoms with van der Waals surface area (Å²) in [5, 5.41) is 7.57. The zero-order valence-electron chi connectivity index (χ0n) is 15.6. The number of hydrogen-bond acceptors (Lipinski definition) is 4. The number of hydrogen-bond donors (Lipinski definition) is 2. The Morgan fingerprint density at radius 3 is 2.33 bits per heavy atom. The van der Waals surface area contributed by atoms with Gasteiger partial charge in [-0.1, -0.05) is 30.3 Å². The third-order valence-corrected chi connectivity index (χ3v) is 5.52. The number of para-hydroxylation sites is 1. The van der Waals surface area contributed by atoms with Crippen LogP contribution in [0, 0.1) is 6.92 Å². The Kier molecular flexibility index (Phi) is 5.51. The Morgan fingerprint density at radius 2 is 1.70 bits per heavy atom. The van der Waals surface area contributed by atoms with Gasteiger partial charge in [0.2, 0.25) is 0 Å². The van der Waals surface area contributed by atoms with Crippen LogP contribution in [0.4, 0.5) is 0 Å². The minimum absolute atomic E-state index is 0.314. The van der Waals surface area contributed by atoms with Crippen molar-refractivity contribution in [3.63, 3.8) is 0 Å². The smallest absolute Gasteiger partial charge is 0.191 e. The molecule has 0 bridgehead atoms. The molecule has 0 fully saturated rings. The molecule has 3 rings (SSSR count). The maximum Gasteiger partial charge on any atom is 0.191 e. The molecule has 6 nitrogen and oxygen atoms in total. The van der Waals surface area contributed by atoms with Crippen LogP contribution in [0.5, 0.6) is 0 Å². The second-order valence-electron chi connectivity index (χ2n) is 6.34. The molecule has 3 aromatic rings. The highest BCUT2D eigenvalue weighted by Crippen LogP contribution is 2.24. The van der Waals surface area contributed by atoms with Crippen molar-refractivity contribution in [1.82, 2.24) is 10.6 Å². The van der Waals surface area contributed by atoms with E-state index in [0.29, 0.717) is 23.9 Å². The fraction of sp³-hybridized carbons (Fsp3) is 0.250. The molecule has 0 unspecified atom stereocenters. The van der Waals surface area contributed by atoms with E-state index < -0.39 is 9.84 Å². The van der Waals surface area contributed by atoms with E-state index >= 15 is 0 Å². The van der Waals surface area contributed by atoms with Crippen molar-refractivity contribution in [2.24, 2.45) is 4.99 Å². The van der Waals surface area contributed by atoms with Gasteiger partial charge in [0.1, 0.15) is 11.3 Å². The normalized spacial score (nSPS) is 12.3. The Morgan fingerprint density at radius 1 is 1.04 bits per heavy atom. The Labute approximate surface area is 159 Å². The van der Waals surface area contributed by atoms with Gasteiger partial charge in [-0.3, -0.25) is 4.99 Å². The monoisotopic (exact) mass is 385 g/mol. The van der Waals surface area contributed by atoms with Crippen LogP contribution in [-0.2, 0) is 22.9 Å². The maximum atomic E-state index is 11.5. The second kappa shape index (κ2) is 7.84. The average Bonchev–Trinajstić information content (AvgIpc) is 2.98. The first-order chi connectivity index (χ1) is 12.9. The molecule has 0 radical (unpaired) electrons. The Hall–Kier alpha value is -2.80. The molecular formula is C20H23N3O3S. The predicted molar refractivity (Wildman–Crippen MR) is 108 cm³/mol. The summed E-state index contributed by atoms with van der Waals surface area (Å²) in [7, 11) is -1.48. The molecule has 2 aromatic carbocycles. The van der Waals surface area contributed by atoms with Gasteiger partial charge in [-0.15, -0.1) is 0 Å². The summed E-state index contributed by atoms with van der Waals surface area (Å²) in [5.41, 5.74) is 2.95. The average molecular weight is 385 g/mol. The highest BCUT2D eigenvalue weighted by Gasteiger charge is 2.10. The van der Waals surface area contributed by atoms with E-state index in [1.807, 2.05) is 31.2 Å². The van der Waals surface area contributed by atoms with Gasteiger partial charge in [0, 0.05) is 30.8 Å². The van der Waals surface area contributed by atoms with Crippen molar-refractivity contribution in [1.29, 1.82) is 0 Å². The van der Waals surface area contributed by atoms with Gasteiger partial charge in [0.05, 0.1) is 11.4 Å². The van der Waals surface area contributed by atoms with E-state index in [9.17, 15) is 8.42 Å². The van der Waals surface area contributed by atoms with Gasteiger partial charge in [-0.2, -0.15) is 0 Å². The first kappa shape index (κ1) is 19.0. The molecule has 0 aliphatic rings. The third kappa shape index (κ3) is 4.49. The summed E-state index contributed by atoms with van der Waals surface area (Å²) in [6.45, 7) is 3.10. The fourth-order valence-electron chi connectivity index (χ4n) is 2.82. The number of guanidine groups is 1. The molecule has 0 saturated heterocycles. The van der Waals surface area contributed by atoms with Gasteiger partial charge in [0.15, 0.2) is 15.8 Å². The number of rotatable bonds is 5. The number of aliphatic imine (C=N–C) groups is 1. The lowest BCUT2D eigenvalue weighted by Gasteiger charge is -2.11. The maximum absolute atomic E-state index is 11.5. The molecule has 142 valence electrons. The van der Waals surface area contributed by atoms with Gasteiger partial charge < -0.3 is 15.1 Å². The van der Waals surface area contributed by atoms with Crippen LogP contribution in [-0.4, -0.2) is 27.7 Å². The van der Waals surface area contributed by atoms with E-state index in [-0.39, 0.29) is 0 Å². The number of nitrogens with one attached hydrogen (secondary N) is 2. The van der Waals surface area contributed by atoms with Crippen LogP contribution in [0.15, 0.2) is 62.8 Å². The lowest BCUT2D eigenvalue weighted by Crippen LogP contribution is -2.36. The van der Waals surface area contributed by atoms with E-state index in [2.05, 4.69) is 15.6 Å². The largest absolute Gasteiger partial charge is 0.459 e. The van der Waals surface area contributed by atoms with Crippen molar-refractivity contribution < 1.29 is 12.8 Å². The number of fused-ring (bicyclic) bond motifs is 1. The summed E-state index contributed by atoms with van der Waals surface area (Å²) >= 11 is 0. The van der Waals surface area contributed by atoms with Crippen molar-refractivity contribution in [3.05, 3.63) is 65.4 Å². The Bertz CT molecular complexity index is 1070. The first-order valence-corrected chi connectivity index (χ1v) is 10.5. The standard InChI is InChI=1S/C20H23N3O3S/c1-14-17-6-4-5-7-18(17)26-19(14)13-23-20(21-2)22-12-15-8-10-16(11-9-15)27(3,24)25/h4-11H,12-13H2,1-3H3,(H2,21,22,23). The van der Waals surface area contributed by atoms with E-state index in [4.69, 9.17) is 4.42 Å².